The van der Waals surface area contributed by atoms with Crippen LogP contribution in [0.2, 0.25) is 0 Å². The van der Waals surface area contributed by atoms with Crippen molar-refractivity contribution in [2.24, 2.45) is 5.73 Å². The topological polar surface area (TPSA) is 87.8 Å². The van der Waals surface area contributed by atoms with E-state index in [1.54, 1.807) is 12.1 Å². The molecule has 8 nitrogen and oxygen atoms in total. The van der Waals surface area contributed by atoms with Crippen molar-refractivity contribution >= 4 is 29.3 Å². The Balaban J connectivity index is 1.52. The minimum Gasteiger partial charge on any atom is -0.476 e. The Morgan fingerprint density at radius 2 is 1.86 bits per heavy atom. The molecule has 0 aliphatic carbocycles. The van der Waals surface area contributed by atoms with Crippen LogP contribution in [-0.2, 0) is 6.42 Å². The maximum absolute atomic E-state index is 11.4. The van der Waals surface area contributed by atoms with Gasteiger partial charge in [0.1, 0.15) is 0 Å². The van der Waals surface area contributed by atoms with Crippen molar-refractivity contribution in [3.8, 4) is 5.88 Å². The predicted molar refractivity (Wildman–Crippen MR) is 141 cm³/mol. The Labute approximate surface area is 211 Å². The molecule has 2 aromatic carbocycles. The Hall–Kier alpha value is -3.30. The van der Waals surface area contributed by atoms with Crippen molar-refractivity contribution in [2.45, 2.75) is 16.2 Å². The highest BCUT2D eigenvalue weighted by atomic mass is 32.2. The highest BCUT2D eigenvalue weighted by Gasteiger charge is 2.19. The molecule has 4 rings (SSSR count). The molecule has 35 heavy (non-hydrogen) atoms. The number of benzene rings is 2. The van der Waals surface area contributed by atoms with E-state index in [0.29, 0.717) is 24.0 Å². The molecule has 2 N–H and O–H groups in total. The molecular formula is C26H32N6O2S. The van der Waals surface area contributed by atoms with E-state index in [9.17, 15) is 4.79 Å². The number of primary amides is 1. The van der Waals surface area contributed by atoms with E-state index in [2.05, 4.69) is 51.0 Å². The van der Waals surface area contributed by atoms with Crippen molar-refractivity contribution in [1.29, 1.82) is 0 Å². The van der Waals surface area contributed by atoms with E-state index in [-0.39, 0.29) is 0 Å². The number of ether oxygens (including phenoxy) is 1. The lowest BCUT2D eigenvalue weighted by Crippen LogP contribution is -2.45. The zero-order valence-electron chi connectivity index (χ0n) is 20.5. The number of likely N-dealkylation sites (N-methyl/N-ethyl adjacent to an activating group) is 1. The van der Waals surface area contributed by atoms with Gasteiger partial charge in [-0.05, 0) is 49.0 Å². The summed E-state index contributed by atoms with van der Waals surface area (Å²) in [6.07, 6.45) is 2.60. The molecule has 0 saturated carbocycles. The van der Waals surface area contributed by atoms with E-state index in [0.717, 1.165) is 48.1 Å². The summed E-state index contributed by atoms with van der Waals surface area (Å²) in [7, 11) is 6.20. The van der Waals surface area contributed by atoms with Gasteiger partial charge in [-0.25, -0.2) is 4.98 Å². The van der Waals surface area contributed by atoms with Crippen LogP contribution < -0.4 is 20.3 Å². The molecule has 1 amide bonds. The zero-order valence-corrected chi connectivity index (χ0v) is 21.3. The van der Waals surface area contributed by atoms with Crippen LogP contribution in [0.15, 0.2) is 64.5 Å². The maximum atomic E-state index is 11.4. The number of hydrogen-bond donors (Lipinski definition) is 1. The summed E-state index contributed by atoms with van der Waals surface area (Å²) in [5.74, 6) is 0.821. The Morgan fingerprint density at radius 1 is 1.11 bits per heavy atom. The average Bonchev–Trinajstić information content (AvgIpc) is 2.86. The van der Waals surface area contributed by atoms with Crippen LogP contribution in [-0.4, -0.2) is 74.7 Å². The predicted octanol–water partition coefficient (Wildman–Crippen LogP) is 3.17. The average molecular weight is 493 g/mol. The molecule has 0 spiro atoms. The van der Waals surface area contributed by atoms with Gasteiger partial charge in [0, 0.05) is 62.8 Å². The van der Waals surface area contributed by atoms with Crippen molar-refractivity contribution in [3.05, 3.63) is 65.9 Å². The molecule has 1 aliphatic rings. The number of rotatable bonds is 9. The molecule has 0 bridgehead atoms. The third-order valence-electron chi connectivity index (χ3n) is 5.92. The first-order chi connectivity index (χ1) is 16.9. The molecule has 2 heterocycles. The standard InChI is InChI=1S/C26H32N6O2S/c1-30(2)21-6-4-5-19(17-21)11-16-34-25-23(35-22-9-7-20(8-10-22)24(27)33)18-28-26(29-25)32-14-12-31(3)13-15-32/h4-10,17-18H,11-16H2,1-3H3,(H2,27,33). The van der Waals surface area contributed by atoms with E-state index in [4.69, 9.17) is 15.5 Å². The van der Waals surface area contributed by atoms with Gasteiger partial charge in [0.2, 0.25) is 17.7 Å². The number of carbonyl (C=O) groups is 1. The van der Waals surface area contributed by atoms with Crippen LogP contribution in [0.4, 0.5) is 11.6 Å². The van der Waals surface area contributed by atoms with Crippen molar-refractivity contribution in [3.63, 3.8) is 0 Å². The molecule has 0 radical (unpaired) electrons. The lowest BCUT2D eigenvalue weighted by Gasteiger charge is -2.32. The highest BCUT2D eigenvalue weighted by Crippen LogP contribution is 2.34. The Bertz CT molecular complexity index is 1150. The first-order valence-corrected chi connectivity index (χ1v) is 12.5. The number of anilines is 2. The summed E-state index contributed by atoms with van der Waals surface area (Å²) in [6.45, 7) is 4.22. The number of hydrogen-bond acceptors (Lipinski definition) is 8. The van der Waals surface area contributed by atoms with Gasteiger partial charge in [-0.15, -0.1) is 0 Å². The van der Waals surface area contributed by atoms with Gasteiger partial charge < -0.3 is 25.2 Å². The second-order valence-corrected chi connectivity index (χ2v) is 9.90. The summed E-state index contributed by atoms with van der Waals surface area (Å²) in [4.78, 5) is 29.2. The van der Waals surface area contributed by atoms with Gasteiger partial charge in [-0.2, -0.15) is 4.98 Å². The van der Waals surface area contributed by atoms with Crippen LogP contribution in [0.5, 0.6) is 5.88 Å². The van der Waals surface area contributed by atoms with E-state index >= 15 is 0 Å². The molecule has 9 heteroatoms. The van der Waals surface area contributed by atoms with Gasteiger partial charge >= 0.3 is 0 Å². The molecule has 1 saturated heterocycles. The molecular weight excluding hydrogens is 460 g/mol. The number of carbonyl (C=O) groups excluding carboxylic acids is 1. The number of nitrogens with zero attached hydrogens (tertiary/aromatic N) is 5. The second-order valence-electron chi connectivity index (χ2n) is 8.78. The third-order valence-corrected chi connectivity index (χ3v) is 6.93. The molecule has 3 aromatic rings. The summed E-state index contributed by atoms with van der Waals surface area (Å²) in [6, 6.07) is 15.6. The molecule has 1 fully saturated rings. The Kier molecular flexibility index (Phi) is 8.09. The monoisotopic (exact) mass is 492 g/mol. The van der Waals surface area contributed by atoms with Crippen LogP contribution in [0, 0.1) is 0 Å². The number of nitrogens with two attached hydrogens (primary N) is 1. The van der Waals surface area contributed by atoms with Gasteiger partial charge in [-0.1, -0.05) is 23.9 Å². The van der Waals surface area contributed by atoms with Crippen LogP contribution in [0.3, 0.4) is 0 Å². The molecule has 1 aromatic heterocycles. The molecule has 1 aliphatic heterocycles. The minimum absolute atomic E-state index is 0.441. The second kappa shape index (κ2) is 11.4. The quantitative estimate of drug-likeness (QED) is 0.487. The van der Waals surface area contributed by atoms with Crippen molar-refractivity contribution < 1.29 is 9.53 Å². The molecule has 0 atom stereocenters. The lowest BCUT2D eigenvalue weighted by molar-refractivity contribution is 0.1000. The fourth-order valence-corrected chi connectivity index (χ4v) is 4.57. The summed E-state index contributed by atoms with van der Waals surface area (Å²) >= 11 is 1.51. The van der Waals surface area contributed by atoms with E-state index in [1.165, 1.54) is 17.3 Å². The van der Waals surface area contributed by atoms with Gasteiger partial charge in [0.15, 0.2) is 0 Å². The third kappa shape index (κ3) is 6.64. The van der Waals surface area contributed by atoms with Gasteiger partial charge in [-0.3, -0.25) is 4.79 Å². The number of piperazine rings is 1. The summed E-state index contributed by atoms with van der Waals surface area (Å²) < 4.78 is 6.23. The normalized spacial score (nSPS) is 14.1. The van der Waals surface area contributed by atoms with Crippen LogP contribution in [0.1, 0.15) is 15.9 Å². The first kappa shape index (κ1) is 24.8. The molecule has 0 unspecified atom stereocenters. The van der Waals surface area contributed by atoms with E-state index in [1.807, 2.05) is 32.4 Å². The smallest absolute Gasteiger partial charge is 0.248 e. The fraction of sp³-hybridized carbons (Fsp3) is 0.346. The fourth-order valence-electron chi connectivity index (χ4n) is 3.75. The summed E-state index contributed by atoms with van der Waals surface area (Å²) in [5, 5.41) is 0. The van der Waals surface area contributed by atoms with Crippen LogP contribution >= 0.6 is 11.8 Å². The first-order valence-electron chi connectivity index (χ1n) is 11.7. The number of amides is 1. The number of aromatic nitrogens is 2. The zero-order chi connectivity index (χ0) is 24.8. The van der Waals surface area contributed by atoms with E-state index < -0.39 is 5.91 Å². The van der Waals surface area contributed by atoms with Crippen LogP contribution in [0.25, 0.3) is 0 Å². The summed E-state index contributed by atoms with van der Waals surface area (Å²) in [5.41, 5.74) is 8.22. The largest absolute Gasteiger partial charge is 0.476 e. The minimum atomic E-state index is -0.441. The molecule has 184 valence electrons. The Morgan fingerprint density at radius 3 is 2.54 bits per heavy atom. The lowest BCUT2D eigenvalue weighted by atomic mass is 10.1. The maximum Gasteiger partial charge on any atom is 0.248 e. The highest BCUT2D eigenvalue weighted by molar-refractivity contribution is 7.99. The van der Waals surface area contributed by atoms with Crippen molar-refractivity contribution in [1.82, 2.24) is 14.9 Å². The van der Waals surface area contributed by atoms with Crippen molar-refractivity contribution in [2.75, 3.05) is 63.7 Å². The SMILES string of the molecule is CN1CCN(c2ncc(Sc3ccc(C(N)=O)cc3)c(OCCc3cccc(N(C)C)c3)n2)CC1. The van der Waals surface area contributed by atoms with Gasteiger partial charge in [0.05, 0.1) is 17.7 Å². The van der Waals surface area contributed by atoms with Gasteiger partial charge in [0.25, 0.3) is 0 Å².